The van der Waals surface area contributed by atoms with Gasteiger partial charge in [-0.15, -0.1) is 11.3 Å². The molecular weight excluding hydrogens is 603 g/mol. The molecule has 1 unspecified atom stereocenters. The van der Waals surface area contributed by atoms with E-state index >= 15 is 0 Å². The highest BCUT2D eigenvalue weighted by atomic mass is 32.2. The molecule has 0 aliphatic rings. The lowest BCUT2D eigenvalue weighted by atomic mass is 10.1. The summed E-state index contributed by atoms with van der Waals surface area (Å²) in [6.45, 7) is 1.22. The minimum Gasteiger partial charge on any atom is -0.386 e. The number of aliphatic hydroxyl groups is 1. The van der Waals surface area contributed by atoms with Crippen LogP contribution in [0.15, 0.2) is 115 Å². The van der Waals surface area contributed by atoms with Gasteiger partial charge in [-0.05, 0) is 48.1 Å². The third kappa shape index (κ3) is 9.80. The quantitative estimate of drug-likeness (QED) is 0.123. The molecule has 0 radical (unpaired) electrons. The van der Waals surface area contributed by atoms with E-state index in [1.54, 1.807) is 12.1 Å². The summed E-state index contributed by atoms with van der Waals surface area (Å²) < 4.78 is 28.1. The molecule has 0 saturated carbocycles. The van der Waals surface area contributed by atoms with Gasteiger partial charge in [0.15, 0.2) is 9.84 Å². The van der Waals surface area contributed by atoms with Crippen LogP contribution < -0.4 is 5.32 Å². The van der Waals surface area contributed by atoms with Gasteiger partial charge in [0.1, 0.15) is 17.2 Å². The number of carbonyl (C=O) groups excluding carboxylic acids is 1. The molecule has 2 N–H and O–H groups in total. The van der Waals surface area contributed by atoms with Gasteiger partial charge in [-0.25, -0.2) is 13.4 Å². The Kier molecular flexibility index (Phi) is 11.5. The first kappa shape index (κ1) is 32.5. The summed E-state index contributed by atoms with van der Waals surface area (Å²) in [6, 6.07) is 35.6. The fraction of sp³-hybridized carbons (Fsp3) is 0.278. The van der Waals surface area contributed by atoms with Crippen molar-refractivity contribution < 1.29 is 18.3 Å². The predicted molar refractivity (Wildman–Crippen MR) is 181 cm³/mol. The van der Waals surface area contributed by atoms with Crippen molar-refractivity contribution in [3.8, 4) is 0 Å². The second kappa shape index (κ2) is 15.9. The number of hydrogen-bond donors (Lipinski definition) is 2. The van der Waals surface area contributed by atoms with Crippen LogP contribution in [-0.4, -0.2) is 47.7 Å². The molecule has 1 amide bonds. The summed E-state index contributed by atoms with van der Waals surface area (Å²) in [5, 5.41) is 14.4. The van der Waals surface area contributed by atoms with Crippen molar-refractivity contribution in [3.05, 3.63) is 137 Å². The van der Waals surface area contributed by atoms with Gasteiger partial charge in [0.05, 0.1) is 21.7 Å². The predicted octanol–water partition coefficient (Wildman–Crippen LogP) is 6.30. The maximum absolute atomic E-state index is 13.8. The number of fused-ring (bicyclic) bond motifs is 1. The highest BCUT2D eigenvalue weighted by molar-refractivity contribution is 7.90. The van der Waals surface area contributed by atoms with Gasteiger partial charge in [-0.3, -0.25) is 9.69 Å². The molecule has 1 aromatic heterocycles. The standard InChI is InChI=1S/C36H39N3O4S2/c40-33(36-38-31-20-10-11-22-34(31)44-36)21-12-13-23-37-35(41)32(27-45(42,43)26-30-18-8-3-9-19-30)39(24-28-14-4-1-5-15-28)25-29-16-6-2-7-17-29/h1-11,14-20,22,32-33,40H,12-13,21,23-27H2,(H,37,41)/t32-,33?/m0/s1. The molecule has 2 atom stereocenters. The van der Waals surface area contributed by atoms with Crippen LogP contribution >= 0.6 is 11.3 Å². The first-order chi connectivity index (χ1) is 21.9. The second-order valence-corrected chi connectivity index (χ2v) is 14.4. The van der Waals surface area contributed by atoms with Gasteiger partial charge in [-0.2, -0.15) is 0 Å². The molecule has 7 nitrogen and oxygen atoms in total. The summed E-state index contributed by atoms with van der Waals surface area (Å²) in [5.41, 5.74) is 3.57. The van der Waals surface area contributed by atoms with Gasteiger partial charge < -0.3 is 10.4 Å². The van der Waals surface area contributed by atoms with Gasteiger partial charge in [0.2, 0.25) is 5.91 Å². The van der Waals surface area contributed by atoms with E-state index in [1.165, 1.54) is 11.3 Å². The Morgan fingerprint density at radius 3 is 1.93 bits per heavy atom. The molecule has 1 heterocycles. The lowest BCUT2D eigenvalue weighted by molar-refractivity contribution is -0.126. The van der Waals surface area contributed by atoms with Crippen molar-refractivity contribution in [2.24, 2.45) is 0 Å². The molecular formula is C36H39N3O4S2. The summed E-state index contributed by atoms with van der Waals surface area (Å²) in [7, 11) is -3.64. The lowest BCUT2D eigenvalue weighted by Crippen LogP contribution is -2.50. The third-order valence-corrected chi connectivity index (χ3v) is 10.4. The Bertz CT molecular complexity index is 1670. The Morgan fingerprint density at radius 2 is 1.33 bits per heavy atom. The summed E-state index contributed by atoms with van der Waals surface area (Å²) >= 11 is 1.49. The molecule has 234 valence electrons. The van der Waals surface area contributed by atoms with E-state index < -0.39 is 22.0 Å². The molecule has 9 heteroatoms. The van der Waals surface area contributed by atoms with Crippen LogP contribution in [-0.2, 0) is 33.5 Å². The van der Waals surface area contributed by atoms with E-state index in [4.69, 9.17) is 0 Å². The number of sulfone groups is 1. The molecule has 0 fully saturated rings. The number of unbranched alkanes of at least 4 members (excludes halogenated alkanes) is 1. The molecule has 0 saturated heterocycles. The van der Waals surface area contributed by atoms with E-state index in [2.05, 4.69) is 10.3 Å². The summed E-state index contributed by atoms with van der Waals surface area (Å²) in [6.07, 6.45) is 1.19. The fourth-order valence-corrected chi connectivity index (χ4v) is 7.98. The zero-order valence-electron chi connectivity index (χ0n) is 25.2. The first-order valence-corrected chi connectivity index (χ1v) is 17.9. The average molecular weight is 642 g/mol. The molecule has 5 aromatic rings. The van der Waals surface area contributed by atoms with Crippen molar-refractivity contribution in [2.75, 3.05) is 12.3 Å². The van der Waals surface area contributed by atoms with Crippen LogP contribution in [0, 0.1) is 0 Å². The Balaban J connectivity index is 1.27. The van der Waals surface area contributed by atoms with Crippen molar-refractivity contribution in [1.82, 2.24) is 15.2 Å². The van der Waals surface area contributed by atoms with Crippen molar-refractivity contribution in [1.29, 1.82) is 0 Å². The minimum absolute atomic E-state index is 0.133. The number of para-hydroxylation sites is 1. The van der Waals surface area contributed by atoms with Crippen LogP contribution in [0.25, 0.3) is 10.2 Å². The van der Waals surface area contributed by atoms with Crippen LogP contribution in [0.4, 0.5) is 0 Å². The number of hydrogen-bond acceptors (Lipinski definition) is 7. The molecule has 4 aromatic carbocycles. The fourth-order valence-electron chi connectivity index (χ4n) is 5.33. The zero-order chi connectivity index (χ0) is 31.5. The molecule has 0 spiro atoms. The van der Waals surface area contributed by atoms with Gasteiger partial charge in [0.25, 0.3) is 0 Å². The Hall–Kier alpha value is -3.89. The number of carbonyl (C=O) groups is 1. The molecule has 5 rings (SSSR count). The Labute approximate surface area is 269 Å². The largest absolute Gasteiger partial charge is 0.386 e. The number of aromatic nitrogens is 1. The van der Waals surface area contributed by atoms with E-state index in [1.807, 2.05) is 108 Å². The summed E-state index contributed by atoms with van der Waals surface area (Å²) in [5.74, 6) is -0.750. The van der Waals surface area contributed by atoms with Gasteiger partial charge in [-0.1, -0.05) is 103 Å². The number of nitrogens with one attached hydrogen (secondary N) is 1. The minimum atomic E-state index is -3.64. The highest BCUT2D eigenvalue weighted by Gasteiger charge is 2.31. The van der Waals surface area contributed by atoms with E-state index in [9.17, 15) is 18.3 Å². The summed E-state index contributed by atoms with van der Waals surface area (Å²) in [4.78, 5) is 20.3. The van der Waals surface area contributed by atoms with Crippen LogP contribution in [0.5, 0.6) is 0 Å². The van der Waals surface area contributed by atoms with Gasteiger partial charge >= 0.3 is 0 Å². The lowest BCUT2D eigenvalue weighted by Gasteiger charge is -2.31. The molecule has 0 aliphatic carbocycles. The van der Waals surface area contributed by atoms with E-state index in [-0.39, 0.29) is 17.4 Å². The van der Waals surface area contributed by atoms with Crippen LogP contribution in [0.1, 0.15) is 47.1 Å². The van der Waals surface area contributed by atoms with E-state index in [0.29, 0.717) is 49.5 Å². The number of benzene rings is 4. The van der Waals surface area contributed by atoms with Gasteiger partial charge in [0, 0.05) is 19.6 Å². The van der Waals surface area contributed by atoms with Crippen molar-refractivity contribution in [2.45, 2.75) is 50.3 Å². The van der Waals surface area contributed by atoms with Crippen LogP contribution in [0.3, 0.4) is 0 Å². The topological polar surface area (TPSA) is 99.6 Å². The Morgan fingerprint density at radius 1 is 0.778 bits per heavy atom. The first-order valence-electron chi connectivity index (χ1n) is 15.2. The SMILES string of the molecule is O=C(NCCCCC(O)c1nc2ccccc2s1)[C@H](CS(=O)(=O)Cc1ccccc1)N(Cc1ccccc1)Cc1ccccc1. The molecule has 0 bridgehead atoms. The average Bonchev–Trinajstić information content (AvgIpc) is 3.49. The maximum atomic E-state index is 13.8. The highest BCUT2D eigenvalue weighted by Crippen LogP contribution is 2.28. The molecule has 45 heavy (non-hydrogen) atoms. The number of aliphatic hydroxyl groups excluding tert-OH is 1. The number of thiazole rings is 1. The van der Waals surface area contributed by atoms with Crippen molar-refractivity contribution >= 4 is 37.3 Å². The zero-order valence-corrected chi connectivity index (χ0v) is 26.8. The smallest absolute Gasteiger partial charge is 0.238 e. The monoisotopic (exact) mass is 641 g/mol. The maximum Gasteiger partial charge on any atom is 0.238 e. The number of amides is 1. The van der Waals surface area contributed by atoms with Crippen molar-refractivity contribution in [3.63, 3.8) is 0 Å². The molecule has 0 aliphatic heterocycles. The number of nitrogens with zero attached hydrogens (tertiary/aromatic N) is 2. The second-order valence-electron chi connectivity index (χ2n) is 11.3. The van der Waals surface area contributed by atoms with E-state index in [0.717, 1.165) is 21.3 Å². The van der Waals surface area contributed by atoms with Crippen LogP contribution in [0.2, 0.25) is 0 Å². The number of rotatable bonds is 16. The third-order valence-electron chi connectivity index (χ3n) is 7.64. The normalized spacial score (nSPS) is 13.1.